The van der Waals surface area contributed by atoms with Gasteiger partial charge in [-0.3, -0.25) is 14.3 Å². The first kappa shape index (κ1) is 19.2. The molecule has 0 spiro atoms. The fourth-order valence-electron chi connectivity index (χ4n) is 4.03. The van der Waals surface area contributed by atoms with E-state index in [4.69, 9.17) is 0 Å². The van der Waals surface area contributed by atoms with Gasteiger partial charge in [-0.15, -0.1) is 0 Å². The fraction of sp³-hybridized carbons (Fsp3) is 0.409. The number of carbonyl (C=O) groups is 2. The minimum Gasteiger partial charge on any atom is -0.340 e. The number of para-hydroxylation sites is 1. The monoisotopic (exact) mass is 393 g/mol. The Hall–Kier alpha value is -3.09. The van der Waals surface area contributed by atoms with E-state index in [1.165, 1.54) is 0 Å². The van der Waals surface area contributed by atoms with Gasteiger partial charge in [0, 0.05) is 43.6 Å². The molecule has 2 aromatic heterocycles. The quantitative estimate of drug-likeness (QED) is 0.724. The number of nitrogens with zero attached hydrogens (tertiary/aromatic N) is 4. The van der Waals surface area contributed by atoms with Crippen molar-refractivity contribution in [2.75, 3.05) is 18.4 Å². The van der Waals surface area contributed by atoms with Crippen molar-refractivity contribution in [2.24, 2.45) is 5.41 Å². The van der Waals surface area contributed by atoms with Crippen molar-refractivity contribution in [2.45, 2.75) is 39.8 Å². The van der Waals surface area contributed by atoms with E-state index in [1.54, 1.807) is 10.7 Å². The van der Waals surface area contributed by atoms with Crippen LogP contribution >= 0.6 is 0 Å². The number of fused-ring (bicyclic) bond motifs is 1. The van der Waals surface area contributed by atoms with Crippen LogP contribution in [0.1, 0.15) is 26.7 Å². The number of aromatic nitrogens is 3. The van der Waals surface area contributed by atoms with Crippen LogP contribution in [0, 0.1) is 5.41 Å². The summed E-state index contributed by atoms with van der Waals surface area (Å²) in [6.07, 6.45) is 5.35. The maximum Gasteiger partial charge on any atom is 0.242 e. The predicted octanol–water partition coefficient (Wildman–Crippen LogP) is 3.13. The van der Waals surface area contributed by atoms with Gasteiger partial charge in [0.15, 0.2) is 5.82 Å². The molecular formula is C22H27N5O2. The summed E-state index contributed by atoms with van der Waals surface area (Å²) in [6, 6.07) is 11.8. The molecule has 4 rings (SSSR count). The summed E-state index contributed by atoms with van der Waals surface area (Å²) in [5.41, 5.74) is 0.424. The standard InChI is InChI=1S/C22H27N5O2/c1-3-27-14-10-19(24-27)23-21(29)22(2)11-6-12-26(16-22)20(28)15-25-13-9-17-7-4-5-8-18(17)25/h4-5,7-10,13-14H,3,6,11-12,15-16H2,1-2H3,(H,23,24,29). The van der Waals surface area contributed by atoms with Gasteiger partial charge in [0.25, 0.3) is 0 Å². The number of amides is 2. The number of likely N-dealkylation sites (tertiary alicyclic amines) is 1. The van der Waals surface area contributed by atoms with Crippen molar-refractivity contribution in [3.05, 3.63) is 48.8 Å². The van der Waals surface area contributed by atoms with Gasteiger partial charge >= 0.3 is 0 Å². The van der Waals surface area contributed by atoms with Gasteiger partial charge in [0.05, 0.1) is 5.41 Å². The number of nitrogens with one attached hydrogen (secondary N) is 1. The van der Waals surface area contributed by atoms with Crippen LogP contribution in [-0.2, 0) is 22.7 Å². The third kappa shape index (κ3) is 3.90. The Bertz CT molecular complexity index is 1040. The topological polar surface area (TPSA) is 72.2 Å². The molecule has 7 heteroatoms. The van der Waals surface area contributed by atoms with Crippen molar-refractivity contribution >= 4 is 28.5 Å². The number of anilines is 1. The molecule has 0 radical (unpaired) electrons. The van der Waals surface area contributed by atoms with E-state index >= 15 is 0 Å². The Balaban J connectivity index is 1.43. The second-order valence-corrected chi connectivity index (χ2v) is 7.99. The van der Waals surface area contributed by atoms with Crippen LogP contribution in [0.4, 0.5) is 5.82 Å². The summed E-state index contributed by atoms with van der Waals surface area (Å²) in [4.78, 5) is 27.7. The van der Waals surface area contributed by atoms with Crippen LogP contribution in [-0.4, -0.2) is 44.2 Å². The molecule has 1 atom stereocenters. The van der Waals surface area contributed by atoms with Crippen molar-refractivity contribution in [1.29, 1.82) is 0 Å². The fourth-order valence-corrected chi connectivity index (χ4v) is 4.03. The van der Waals surface area contributed by atoms with Crippen LogP contribution < -0.4 is 5.32 Å². The molecule has 1 fully saturated rings. The predicted molar refractivity (Wildman–Crippen MR) is 112 cm³/mol. The number of rotatable bonds is 5. The molecule has 1 N–H and O–H groups in total. The molecule has 152 valence electrons. The van der Waals surface area contributed by atoms with E-state index < -0.39 is 5.41 Å². The third-order valence-electron chi connectivity index (χ3n) is 5.79. The zero-order chi connectivity index (χ0) is 20.4. The molecule has 1 aliphatic rings. The first-order valence-corrected chi connectivity index (χ1v) is 10.1. The summed E-state index contributed by atoms with van der Waals surface area (Å²) in [5.74, 6) is 0.517. The van der Waals surface area contributed by atoms with E-state index in [1.807, 2.05) is 66.0 Å². The number of carbonyl (C=O) groups excluding carboxylic acids is 2. The van der Waals surface area contributed by atoms with Gasteiger partial charge in [-0.2, -0.15) is 5.10 Å². The molecule has 3 aromatic rings. The van der Waals surface area contributed by atoms with E-state index in [2.05, 4.69) is 10.4 Å². The highest BCUT2D eigenvalue weighted by Gasteiger charge is 2.39. The summed E-state index contributed by atoms with van der Waals surface area (Å²) in [5, 5.41) is 8.37. The van der Waals surface area contributed by atoms with Crippen LogP contribution in [0.15, 0.2) is 48.8 Å². The van der Waals surface area contributed by atoms with Gasteiger partial charge in [0.1, 0.15) is 6.54 Å². The average molecular weight is 393 g/mol. The Morgan fingerprint density at radius 2 is 2.00 bits per heavy atom. The normalized spacial score (nSPS) is 19.4. The van der Waals surface area contributed by atoms with Gasteiger partial charge in [-0.25, -0.2) is 0 Å². The molecule has 1 saturated heterocycles. The van der Waals surface area contributed by atoms with E-state index in [0.29, 0.717) is 18.9 Å². The lowest BCUT2D eigenvalue weighted by atomic mass is 9.81. The Morgan fingerprint density at radius 1 is 1.17 bits per heavy atom. The van der Waals surface area contributed by atoms with Crippen LogP contribution in [0.25, 0.3) is 10.9 Å². The number of aryl methyl sites for hydroxylation is 1. The average Bonchev–Trinajstić information content (AvgIpc) is 3.35. The molecular weight excluding hydrogens is 366 g/mol. The summed E-state index contributed by atoms with van der Waals surface area (Å²) < 4.78 is 3.75. The molecule has 0 aliphatic carbocycles. The smallest absolute Gasteiger partial charge is 0.242 e. The minimum absolute atomic E-state index is 0.0420. The molecule has 1 aliphatic heterocycles. The lowest BCUT2D eigenvalue weighted by molar-refractivity contribution is -0.138. The number of hydrogen-bond acceptors (Lipinski definition) is 3. The van der Waals surface area contributed by atoms with Gasteiger partial charge in [-0.05, 0) is 44.2 Å². The zero-order valence-electron chi connectivity index (χ0n) is 17.0. The lowest BCUT2D eigenvalue weighted by Gasteiger charge is -2.39. The first-order chi connectivity index (χ1) is 14.0. The zero-order valence-corrected chi connectivity index (χ0v) is 17.0. The van der Waals surface area contributed by atoms with Gasteiger partial charge < -0.3 is 14.8 Å². The van der Waals surface area contributed by atoms with Crippen molar-refractivity contribution in [3.63, 3.8) is 0 Å². The summed E-state index contributed by atoms with van der Waals surface area (Å²) in [7, 11) is 0. The highest BCUT2D eigenvalue weighted by atomic mass is 16.2. The summed E-state index contributed by atoms with van der Waals surface area (Å²) >= 11 is 0. The Kier molecular flexibility index (Phi) is 5.13. The minimum atomic E-state index is -0.622. The SMILES string of the molecule is CCn1ccc(NC(=O)C2(C)CCCN(C(=O)Cn3ccc4ccccc43)C2)n1. The lowest BCUT2D eigenvalue weighted by Crippen LogP contribution is -2.50. The maximum absolute atomic E-state index is 13.0. The van der Waals surface area contributed by atoms with Crippen LogP contribution in [0.5, 0.6) is 0 Å². The van der Waals surface area contributed by atoms with Gasteiger partial charge in [-0.1, -0.05) is 18.2 Å². The maximum atomic E-state index is 13.0. The molecule has 29 heavy (non-hydrogen) atoms. The molecule has 3 heterocycles. The van der Waals surface area contributed by atoms with E-state index in [9.17, 15) is 9.59 Å². The first-order valence-electron chi connectivity index (χ1n) is 10.1. The number of benzene rings is 1. The molecule has 2 amide bonds. The molecule has 1 aromatic carbocycles. The molecule has 0 saturated carbocycles. The highest BCUT2D eigenvalue weighted by Crippen LogP contribution is 2.31. The van der Waals surface area contributed by atoms with Gasteiger partial charge in [0.2, 0.25) is 11.8 Å². The van der Waals surface area contributed by atoms with Crippen LogP contribution in [0.3, 0.4) is 0 Å². The molecule has 7 nitrogen and oxygen atoms in total. The Morgan fingerprint density at radius 3 is 2.79 bits per heavy atom. The van der Waals surface area contributed by atoms with Crippen molar-refractivity contribution in [1.82, 2.24) is 19.2 Å². The highest BCUT2D eigenvalue weighted by molar-refractivity contribution is 5.95. The molecule has 0 bridgehead atoms. The van der Waals surface area contributed by atoms with E-state index in [0.717, 1.165) is 30.3 Å². The van der Waals surface area contributed by atoms with Crippen molar-refractivity contribution < 1.29 is 9.59 Å². The number of hydrogen-bond donors (Lipinski definition) is 1. The van der Waals surface area contributed by atoms with Crippen molar-refractivity contribution in [3.8, 4) is 0 Å². The third-order valence-corrected chi connectivity index (χ3v) is 5.79. The van der Waals surface area contributed by atoms with E-state index in [-0.39, 0.29) is 18.4 Å². The second kappa shape index (κ2) is 7.73. The largest absolute Gasteiger partial charge is 0.340 e. The Labute approximate surface area is 170 Å². The number of piperidine rings is 1. The van der Waals surface area contributed by atoms with Crippen LogP contribution in [0.2, 0.25) is 0 Å². The summed E-state index contributed by atoms with van der Waals surface area (Å²) in [6.45, 7) is 6.08. The molecule has 1 unspecified atom stereocenters. The second-order valence-electron chi connectivity index (χ2n) is 7.99.